The standard InChI is InChI=1S/C18H17ClN4O6S2/c1-18(2)16(24)22(12-7-6-11(10-20)15(19)9-12)17(31(27,28)29)23(18)13-4-3-5-14(8-13)30(21,25)26/h3-9,17H,1-2H3,(H2,21,25,26)(H,27,28,29). The van der Waals surface area contributed by atoms with Crippen molar-refractivity contribution in [1.29, 1.82) is 5.26 Å². The number of sulfonamides is 1. The number of nitriles is 1. The third kappa shape index (κ3) is 3.98. The van der Waals surface area contributed by atoms with Crippen LogP contribution in [0.5, 0.6) is 0 Å². The number of hydrogen-bond donors (Lipinski definition) is 2. The van der Waals surface area contributed by atoms with Crippen LogP contribution in [0.1, 0.15) is 19.4 Å². The van der Waals surface area contributed by atoms with Gasteiger partial charge in [0.15, 0.2) is 0 Å². The Labute approximate surface area is 184 Å². The molecule has 2 aromatic rings. The second-order valence-electron chi connectivity index (χ2n) is 7.26. The molecule has 1 atom stereocenters. The molecule has 1 saturated heterocycles. The molecule has 13 heteroatoms. The first-order valence-corrected chi connectivity index (χ1v) is 12.0. The Hall–Kier alpha value is -2.69. The summed E-state index contributed by atoms with van der Waals surface area (Å²) in [4.78, 5) is 14.9. The van der Waals surface area contributed by atoms with Gasteiger partial charge in [-0.05, 0) is 50.2 Å². The van der Waals surface area contributed by atoms with Crippen LogP contribution in [0.4, 0.5) is 11.4 Å². The van der Waals surface area contributed by atoms with Crippen LogP contribution in [-0.2, 0) is 24.9 Å². The molecule has 0 saturated carbocycles. The average molecular weight is 485 g/mol. The minimum absolute atomic E-state index is 0.0191. The number of carbonyl (C=O) groups is 1. The number of rotatable bonds is 4. The van der Waals surface area contributed by atoms with Crippen LogP contribution in [0.3, 0.4) is 0 Å². The lowest BCUT2D eigenvalue weighted by atomic mass is 10.0. The quantitative estimate of drug-likeness (QED) is 0.619. The molecule has 1 aliphatic heterocycles. The van der Waals surface area contributed by atoms with E-state index in [-0.39, 0.29) is 26.9 Å². The molecule has 1 aliphatic rings. The van der Waals surface area contributed by atoms with E-state index in [9.17, 15) is 26.2 Å². The molecule has 31 heavy (non-hydrogen) atoms. The molecule has 10 nitrogen and oxygen atoms in total. The minimum Gasteiger partial charge on any atom is -0.322 e. The Morgan fingerprint density at radius 3 is 2.29 bits per heavy atom. The van der Waals surface area contributed by atoms with Gasteiger partial charge in [-0.25, -0.2) is 13.6 Å². The van der Waals surface area contributed by atoms with Crippen LogP contribution >= 0.6 is 11.6 Å². The predicted molar refractivity (Wildman–Crippen MR) is 113 cm³/mol. The van der Waals surface area contributed by atoms with E-state index in [1.807, 2.05) is 6.07 Å². The van der Waals surface area contributed by atoms with E-state index in [0.29, 0.717) is 0 Å². The smallest absolute Gasteiger partial charge is 0.306 e. The van der Waals surface area contributed by atoms with Crippen molar-refractivity contribution < 1.29 is 26.2 Å². The summed E-state index contributed by atoms with van der Waals surface area (Å²) < 4.78 is 58.4. The van der Waals surface area contributed by atoms with Crippen molar-refractivity contribution >= 4 is 49.0 Å². The van der Waals surface area contributed by atoms with Gasteiger partial charge in [-0.1, -0.05) is 17.7 Å². The lowest BCUT2D eigenvalue weighted by Gasteiger charge is -2.34. The highest BCUT2D eigenvalue weighted by atomic mass is 35.5. The summed E-state index contributed by atoms with van der Waals surface area (Å²) in [7, 11) is -9.06. The lowest BCUT2D eigenvalue weighted by molar-refractivity contribution is -0.120. The summed E-state index contributed by atoms with van der Waals surface area (Å²) in [6.07, 6.45) is 0. The molecule has 0 aliphatic carbocycles. The van der Waals surface area contributed by atoms with Crippen molar-refractivity contribution in [2.45, 2.75) is 29.8 Å². The number of primary sulfonamides is 1. The Morgan fingerprint density at radius 2 is 1.77 bits per heavy atom. The Balaban J connectivity index is 2.27. The molecule has 0 radical (unpaired) electrons. The summed E-state index contributed by atoms with van der Waals surface area (Å²) in [6, 6.07) is 10.8. The fraction of sp³-hybridized carbons (Fsp3) is 0.222. The molecule has 1 heterocycles. The minimum atomic E-state index is -4.94. The second-order valence-corrected chi connectivity index (χ2v) is 10.7. The highest BCUT2D eigenvalue weighted by molar-refractivity contribution is 7.89. The van der Waals surface area contributed by atoms with Gasteiger partial charge >= 0.3 is 10.1 Å². The molecule has 2 aromatic carbocycles. The molecule has 0 aromatic heterocycles. The maximum atomic E-state index is 13.3. The molecule has 1 unspecified atom stereocenters. The number of hydrogen-bond acceptors (Lipinski definition) is 7. The molecule has 164 valence electrons. The number of nitrogens with two attached hydrogens (primary N) is 1. The highest BCUT2D eigenvalue weighted by Crippen LogP contribution is 2.41. The van der Waals surface area contributed by atoms with E-state index in [0.717, 1.165) is 15.9 Å². The molecule has 3 N–H and O–H groups in total. The summed E-state index contributed by atoms with van der Waals surface area (Å²) in [5, 5.41) is 14.2. The number of benzene rings is 2. The average Bonchev–Trinajstić information content (AvgIpc) is 2.87. The van der Waals surface area contributed by atoms with Gasteiger partial charge in [0.25, 0.3) is 5.91 Å². The van der Waals surface area contributed by atoms with Crippen LogP contribution in [0, 0.1) is 11.3 Å². The van der Waals surface area contributed by atoms with Gasteiger partial charge in [0.05, 0.1) is 15.5 Å². The van der Waals surface area contributed by atoms with Crippen LogP contribution < -0.4 is 14.9 Å². The molecule has 0 spiro atoms. The van der Waals surface area contributed by atoms with E-state index < -0.39 is 37.1 Å². The van der Waals surface area contributed by atoms with Crippen molar-refractivity contribution in [2.75, 3.05) is 9.80 Å². The van der Waals surface area contributed by atoms with E-state index in [1.54, 1.807) is 0 Å². The molecule has 0 bridgehead atoms. The predicted octanol–water partition coefficient (Wildman–Crippen LogP) is 1.66. The van der Waals surface area contributed by atoms with E-state index >= 15 is 0 Å². The number of nitrogens with zero attached hydrogens (tertiary/aromatic N) is 3. The first kappa shape index (κ1) is 23.0. The van der Waals surface area contributed by atoms with E-state index in [2.05, 4.69) is 0 Å². The summed E-state index contributed by atoms with van der Waals surface area (Å²) >= 11 is 6.05. The van der Waals surface area contributed by atoms with Crippen molar-refractivity contribution in [3.05, 3.63) is 53.1 Å². The Kier molecular flexibility index (Phi) is 5.54. The van der Waals surface area contributed by atoms with Crippen LogP contribution in [-0.4, -0.2) is 38.3 Å². The first-order chi connectivity index (χ1) is 14.2. The summed E-state index contributed by atoms with van der Waals surface area (Å²) in [5.41, 5.74) is -3.31. The van der Waals surface area contributed by atoms with Gasteiger partial charge in [0.1, 0.15) is 11.6 Å². The van der Waals surface area contributed by atoms with Crippen molar-refractivity contribution in [3.63, 3.8) is 0 Å². The zero-order valence-corrected chi connectivity index (χ0v) is 18.6. The Morgan fingerprint density at radius 1 is 1.13 bits per heavy atom. The molecule has 3 rings (SSSR count). The number of amides is 1. The maximum absolute atomic E-state index is 13.3. The molecular formula is C18H17ClN4O6S2. The van der Waals surface area contributed by atoms with Gasteiger partial charge in [-0.2, -0.15) is 13.7 Å². The topological polar surface area (TPSA) is 162 Å². The lowest BCUT2D eigenvalue weighted by Crippen LogP contribution is -2.49. The van der Waals surface area contributed by atoms with Crippen LogP contribution in [0.25, 0.3) is 0 Å². The second kappa shape index (κ2) is 7.47. The van der Waals surface area contributed by atoms with Crippen molar-refractivity contribution in [2.24, 2.45) is 5.14 Å². The third-order valence-electron chi connectivity index (χ3n) is 4.83. The van der Waals surface area contributed by atoms with Gasteiger partial charge < -0.3 is 4.90 Å². The fourth-order valence-corrected chi connectivity index (χ4v) is 5.31. The van der Waals surface area contributed by atoms with Gasteiger partial charge in [0.2, 0.25) is 15.5 Å². The van der Waals surface area contributed by atoms with Crippen molar-refractivity contribution in [1.82, 2.24) is 0 Å². The summed E-state index contributed by atoms with van der Waals surface area (Å²) in [5.74, 6) is -0.711. The monoisotopic (exact) mass is 484 g/mol. The zero-order chi connectivity index (χ0) is 23.4. The normalized spacial score (nSPS) is 18.8. The van der Waals surface area contributed by atoms with Crippen LogP contribution in [0.2, 0.25) is 5.02 Å². The fourth-order valence-electron chi connectivity index (χ4n) is 3.41. The largest absolute Gasteiger partial charge is 0.322 e. The van der Waals surface area contributed by atoms with E-state index in [4.69, 9.17) is 22.0 Å². The highest BCUT2D eigenvalue weighted by Gasteiger charge is 2.57. The molecular weight excluding hydrogens is 468 g/mol. The van der Waals surface area contributed by atoms with Gasteiger partial charge in [-0.15, -0.1) is 0 Å². The Bertz CT molecular complexity index is 1340. The third-order valence-corrected chi connectivity index (χ3v) is 7.01. The van der Waals surface area contributed by atoms with E-state index in [1.165, 1.54) is 50.2 Å². The molecule has 1 fully saturated rings. The first-order valence-electron chi connectivity index (χ1n) is 8.61. The zero-order valence-electron chi connectivity index (χ0n) is 16.2. The number of halogens is 1. The number of carbonyl (C=O) groups excluding carboxylic acids is 1. The van der Waals surface area contributed by atoms with Crippen LogP contribution in [0.15, 0.2) is 47.4 Å². The van der Waals surface area contributed by atoms with Gasteiger partial charge in [-0.3, -0.25) is 14.2 Å². The van der Waals surface area contributed by atoms with Crippen molar-refractivity contribution in [3.8, 4) is 6.07 Å². The van der Waals surface area contributed by atoms with Gasteiger partial charge in [0, 0.05) is 11.4 Å². The number of anilines is 2. The maximum Gasteiger partial charge on any atom is 0.306 e. The SMILES string of the molecule is CC1(C)C(=O)N(c2ccc(C#N)c(Cl)c2)C(S(=O)(=O)O)N1c1cccc(S(N)(=O)=O)c1. The molecule has 1 amide bonds. The summed E-state index contributed by atoms with van der Waals surface area (Å²) in [6.45, 7) is 2.84.